The summed E-state index contributed by atoms with van der Waals surface area (Å²) in [6.07, 6.45) is 0. The molecular formula is C18H13BrKNO2. The molecule has 5 heteroatoms. The molecule has 1 heterocycles. The van der Waals surface area contributed by atoms with E-state index in [0.29, 0.717) is 16.6 Å². The Hall–Kier alpha value is -0.564. The number of carboxylic acid groups (broad SMARTS) is 1. The van der Waals surface area contributed by atoms with E-state index in [-0.39, 0.29) is 56.9 Å². The van der Waals surface area contributed by atoms with Gasteiger partial charge in [-0.1, -0.05) is 34.1 Å². The van der Waals surface area contributed by atoms with Crippen molar-refractivity contribution in [2.75, 3.05) is 0 Å². The fourth-order valence-electron chi connectivity index (χ4n) is 2.42. The minimum absolute atomic E-state index is 0. The van der Waals surface area contributed by atoms with Gasteiger partial charge in [0, 0.05) is 21.0 Å². The summed E-state index contributed by atoms with van der Waals surface area (Å²) in [6.45, 7) is 4.06. The number of rotatable bonds is 2. The van der Waals surface area contributed by atoms with E-state index in [4.69, 9.17) is 0 Å². The van der Waals surface area contributed by atoms with Crippen molar-refractivity contribution in [3.63, 3.8) is 0 Å². The summed E-state index contributed by atoms with van der Waals surface area (Å²) in [4.78, 5) is 16.1. The summed E-state index contributed by atoms with van der Waals surface area (Å²) < 4.78 is 0.856. The molecule has 23 heavy (non-hydrogen) atoms. The number of benzene rings is 2. The van der Waals surface area contributed by atoms with Crippen LogP contribution in [-0.4, -0.2) is 11.0 Å². The van der Waals surface area contributed by atoms with Crippen molar-refractivity contribution in [2.24, 2.45) is 0 Å². The maximum Gasteiger partial charge on any atom is 1.00 e. The molecule has 0 saturated heterocycles. The third kappa shape index (κ3) is 3.92. The number of carbonyl (C=O) groups is 1. The van der Waals surface area contributed by atoms with Crippen molar-refractivity contribution in [3.8, 4) is 11.3 Å². The Morgan fingerprint density at radius 2 is 1.78 bits per heavy atom. The molecule has 0 spiro atoms. The van der Waals surface area contributed by atoms with Crippen molar-refractivity contribution < 1.29 is 61.3 Å². The maximum absolute atomic E-state index is 11.5. The summed E-state index contributed by atoms with van der Waals surface area (Å²) in [5.74, 6) is -1.19. The number of carbonyl (C=O) groups excluding carboxylic acids is 1. The zero-order chi connectivity index (χ0) is 15.9. The van der Waals surface area contributed by atoms with Crippen molar-refractivity contribution >= 4 is 32.8 Å². The summed E-state index contributed by atoms with van der Waals surface area (Å²) in [6, 6.07) is 12.9. The third-order valence-electron chi connectivity index (χ3n) is 3.79. The van der Waals surface area contributed by atoms with E-state index in [0.717, 1.165) is 15.6 Å². The predicted octanol–water partition coefficient (Wildman–Crippen LogP) is 0.649. The molecule has 2 aromatic carbocycles. The topological polar surface area (TPSA) is 53.0 Å². The van der Waals surface area contributed by atoms with Crippen LogP contribution in [0.3, 0.4) is 0 Å². The molecule has 0 atom stereocenters. The number of hydrogen-bond acceptors (Lipinski definition) is 3. The number of aromatic nitrogens is 1. The van der Waals surface area contributed by atoms with Crippen LogP contribution in [0.15, 0.2) is 46.9 Å². The zero-order valence-electron chi connectivity index (χ0n) is 13.2. The number of fused-ring (bicyclic) bond motifs is 1. The van der Waals surface area contributed by atoms with Gasteiger partial charge in [-0.2, -0.15) is 0 Å². The monoisotopic (exact) mass is 393 g/mol. The Balaban J connectivity index is 0.00000192. The molecule has 0 amide bonds. The zero-order valence-corrected chi connectivity index (χ0v) is 17.9. The minimum atomic E-state index is -1.19. The molecule has 110 valence electrons. The van der Waals surface area contributed by atoms with Crippen LogP contribution in [0.25, 0.3) is 22.2 Å². The largest absolute Gasteiger partial charge is 1.00 e. The number of pyridine rings is 1. The van der Waals surface area contributed by atoms with Crippen LogP contribution in [0.4, 0.5) is 0 Å². The SMILES string of the molecule is Cc1ccc(-c2cc(C(=O)[O-])c3ccc(Br)cc3n2)cc1C.[K+]. The van der Waals surface area contributed by atoms with Crippen molar-refractivity contribution in [3.05, 3.63) is 63.6 Å². The standard InChI is InChI=1S/C18H14BrNO2.K/c1-10-3-4-12(7-11(10)2)16-9-15(18(21)22)14-6-5-13(19)8-17(14)20-16;/h3-9H,1-2H3,(H,21,22);/q;+1/p-1. The van der Waals surface area contributed by atoms with Crippen LogP contribution in [0.2, 0.25) is 0 Å². The van der Waals surface area contributed by atoms with E-state index >= 15 is 0 Å². The van der Waals surface area contributed by atoms with Gasteiger partial charge in [0.1, 0.15) is 0 Å². The van der Waals surface area contributed by atoms with Gasteiger partial charge in [0.05, 0.1) is 17.2 Å². The van der Waals surface area contributed by atoms with Crippen LogP contribution < -0.4 is 56.5 Å². The summed E-state index contributed by atoms with van der Waals surface area (Å²) in [7, 11) is 0. The second-order valence-electron chi connectivity index (χ2n) is 5.30. The van der Waals surface area contributed by atoms with E-state index < -0.39 is 5.97 Å². The van der Waals surface area contributed by atoms with Gasteiger partial charge in [-0.3, -0.25) is 0 Å². The first-order valence-electron chi connectivity index (χ1n) is 6.85. The molecule has 0 aliphatic carbocycles. The first-order valence-corrected chi connectivity index (χ1v) is 7.64. The number of nitrogens with zero attached hydrogens (tertiary/aromatic N) is 1. The van der Waals surface area contributed by atoms with Crippen molar-refractivity contribution in [1.29, 1.82) is 0 Å². The van der Waals surface area contributed by atoms with Gasteiger partial charge in [0.25, 0.3) is 0 Å². The molecule has 0 unspecified atom stereocenters. The summed E-state index contributed by atoms with van der Waals surface area (Å²) in [5, 5.41) is 12.0. The second-order valence-corrected chi connectivity index (χ2v) is 6.22. The fourth-order valence-corrected chi connectivity index (χ4v) is 2.77. The molecule has 0 fully saturated rings. The Morgan fingerprint density at radius 3 is 2.43 bits per heavy atom. The molecule has 3 aromatic rings. The second kappa shape index (κ2) is 7.55. The van der Waals surface area contributed by atoms with Crippen LogP contribution in [-0.2, 0) is 0 Å². The first kappa shape index (κ1) is 18.8. The fraction of sp³-hybridized carbons (Fsp3) is 0.111. The molecular weight excluding hydrogens is 381 g/mol. The first-order chi connectivity index (χ1) is 10.5. The number of aryl methyl sites for hydroxylation is 2. The van der Waals surface area contributed by atoms with E-state index in [9.17, 15) is 9.90 Å². The molecule has 0 aliphatic rings. The smallest absolute Gasteiger partial charge is 0.545 e. The average Bonchev–Trinajstić information content (AvgIpc) is 2.48. The van der Waals surface area contributed by atoms with Crippen molar-refractivity contribution in [1.82, 2.24) is 4.98 Å². The maximum atomic E-state index is 11.5. The van der Waals surface area contributed by atoms with Gasteiger partial charge in [-0.25, -0.2) is 4.98 Å². The van der Waals surface area contributed by atoms with Crippen LogP contribution in [0, 0.1) is 13.8 Å². The molecule has 0 radical (unpaired) electrons. The van der Waals surface area contributed by atoms with Crippen LogP contribution in [0.5, 0.6) is 0 Å². The molecule has 0 N–H and O–H groups in total. The van der Waals surface area contributed by atoms with E-state index in [1.807, 2.05) is 38.1 Å². The average molecular weight is 394 g/mol. The van der Waals surface area contributed by atoms with Gasteiger partial charge in [-0.05, 0) is 49.2 Å². The molecule has 3 nitrogen and oxygen atoms in total. The third-order valence-corrected chi connectivity index (χ3v) is 4.29. The number of aromatic carboxylic acids is 1. The van der Waals surface area contributed by atoms with E-state index in [1.54, 1.807) is 18.2 Å². The van der Waals surface area contributed by atoms with E-state index in [2.05, 4.69) is 20.9 Å². The number of carboxylic acids is 1. The number of hydrogen-bond donors (Lipinski definition) is 0. The Morgan fingerprint density at radius 1 is 1.04 bits per heavy atom. The van der Waals surface area contributed by atoms with Crippen LogP contribution in [0.1, 0.15) is 21.5 Å². The van der Waals surface area contributed by atoms with Gasteiger partial charge < -0.3 is 9.90 Å². The normalized spacial score (nSPS) is 10.4. The molecule has 0 saturated carbocycles. The summed E-state index contributed by atoms with van der Waals surface area (Å²) in [5.41, 5.74) is 4.64. The Bertz CT molecular complexity index is 909. The number of halogens is 1. The Kier molecular flexibility index (Phi) is 6.16. The van der Waals surface area contributed by atoms with Crippen molar-refractivity contribution in [2.45, 2.75) is 13.8 Å². The molecule has 0 aliphatic heterocycles. The minimum Gasteiger partial charge on any atom is -0.545 e. The summed E-state index contributed by atoms with van der Waals surface area (Å²) >= 11 is 3.39. The van der Waals surface area contributed by atoms with Gasteiger partial charge in [0.15, 0.2) is 0 Å². The van der Waals surface area contributed by atoms with Gasteiger partial charge >= 0.3 is 51.4 Å². The molecule has 1 aromatic heterocycles. The predicted molar refractivity (Wildman–Crippen MR) is 88.7 cm³/mol. The van der Waals surface area contributed by atoms with Gasteiger partial charge in [-0.15, -0.1) is 0 Å². The molecule has 3 rings (SSSR count). The van der Waals surface area contributed by atoms with E-state index in [1.165, 1.54) is 5.56 Å². The van der Waals surface area contributed by atoms with Gasteiger partial charge in [0.2, 0.25) is 0 Å². The Labute approximate surface area is 185 Å². The van der Waals surface area contributed by atoms with Crippen LogP contribution >= 0.6 is 15.9 Å². The quantitative estimate of drug-likeness (QED) is 0.600. The molecule has 0 bridgehead atoms.